The average Bonchev–Trinajstić information content (AvgIpc) is 2.66. The largest absolute Gasteiger partial charge is 0.375 e. The lowest BCUT2D eigenvalue weighted by Gasteiger charge is -2.33. The van der Waals surface area contributed by atoms with E-state index < -0.39 is 11.6 Å². The number of nitrogens with one attached hydrogen (secondary N) is 1. The lowest BCUT2D eigenvalue weighted by Crippen LogP contribution is -2.42. The first-order valence-electron chi connectivity index (χ1n) is 10.3. The molecule has 0 unspecified atom stereocenters. The Kier molecular flexibility index (Phi) is 8.11. The molecule has 2 aromatic carbocycles. The molecule has 168 valence electrons. The maximum absolute atomic E-state index is 14.9. The van der Waals surface area contributed by atoms with Gasteiger partial charge in [-0.25, -0.2) is 18.2 Å². The summed E-state index contributed by atoms with van der Waals surface area (Å²) < 4.78 is 43.0. The van der Waals surface area contributed by atoms with E-state index in [1.54, 1.807) is 29.1 Å². The number of hydrogen-bond acceptors (Lipinski definition) is 4. The molecule has 0 amide bonds. The van der Waals surface area contributed by atoms with E-state index in [9.17, 15) is 13.2 Å². The van der Waals surface area contributed by atoms with Crippen LogP contribution in [0.4, 0.5) is 18.9 Å². The Morgan fingerprint density at radius 3 is 2.29 bits per heavy atom. The van der Waals surface area contributed by atoms with Gasteiger partial charge in [-0.3, -0.25) is 10.3 Å². The van der Waals surface area contributed by atoms with E-state index in [2.05, 4.69) is 10.3 Å². The van der Waals surface area contributed by atoms with Crippen LogP contribution in [-0.4, -0.2) is 48.2 Å². The third kappa shape index (κ3) is 6.81. The van der Waals surface area contributed by atoms with E-state index in [0.29, 0.717) is 31.7 Å². The second kappa shape index (κ2) is 10.8. The molecule has 0 aliphatic carbocycles. The molecule has 0 atom stereocenters. The van der Waals surface area contributed by atoms with E-state index in [1.807, 2.05) is 0 Å². The fourth-order valence-electron chi connectivity index (χ4n) is 3.87. The minimum Gasteiger partial charge on any atom is -0.375 e. The summed E-state index contributed by atoms with van der Waals surface area (Å²) in [5.41, 5.74) is 9.65. The fraction of sp³-hybridized carbons (Fsp3) is 0.409. The van der Waals surface area contributed by atoms with Crippen LogP contribution in [-0.2, 0) is 13.1 Å². The number of hydrazine groups is 1. The summed E-state index contributed by atoms with van der Waals surface area (Å²) in [4.78, 5) is 4.02. The van der Waals surface area contributed by atoms with Gasteiger partial charge in [0.25, 0.3) is 0 Å². The van der Waals surface area contributed by atoms with Crippen molar-refractivity contribution in [1.82, 2.24) is 15.3 Å². The molecular formula is C22H28F3N5S. The number of halogens is 3. The molecule has 5 nitrogen and oxygen atoms in total. The number of benzene rings is 2. The predicted octanol–water partition coefficient (Wildman–Crippen LogP) is 3.39. The van der Waals surface area contributed by atoms with Crippen molar-refractivity contribution in [1.29, 1.82) is 0 Å². The number of nitrogens with two attached hydrogens (primary N) is 1. The molecule has 0 aromatic heterocycles. The summed E-state index contributed by atoms with van der Waals surface area (Å²) in [6, 6.07) is 9.15. The Hall–Kier alpha value is -2.36. The first-order chi connectivity index (χ1) is 14.8. The second-order valence-electron chi connectivity index (χ2n) is 7.84. The molecule has 0 bridgehead atoms. The third-order valence-electron chi connectivity index (χ3n) is 5.27. The summed E-state index contributed by atoms with van der Waals surface area (Å²) in [5.74, 6) is -1.42. The van der Waals surface area contributed by atoms with Gasteiger partial charge in [0.15, 0.2) is 5.11 Å². The zero-order valence-corrected chi connectivity index (χ0v) is 18.4. The van der Waals surface area contributed by atoms with E-state index in [4.69, 9.17) is 18.0 Å². The van der Waals surface area contributed by atoms with Crippen molar-refractivity contribution in [3.05, 3.63) is 65.0 Å². The molecule has 1 aliphatic heterocycles. The Bertz CT molecular complexity index is 870. The van der Waals surface area contributed by atoms with Gasteiger partial charge in [0.05, 0.1) is 0 Å². The summed E-state index contributed by atoms with van der Waals surface area (Å²) in [6.07, 6.45) is 1.76. The lowest BCUT2D eigenvalue weighted by molar-refractivity contribution is 0.254. The smallest absolute Gasteiger partial charge is 0.178 e. The number of hydrogen-bond donors (Lipinski definition) is 2. The quantitative estimate of drug-likeness (QED) is 0.519. The molecule has 0 radical (unpaired) electrons. The van der Waals surface area contributed by atoms with Crippen molar-refractivity contribution in [2.24, 2.45) is 5.73 Å². The molecule has 2 aromatic rings. The molecule has 1 heterocycles. The molecule has 9 heteroatoms. The lowest BCUT2D eigenvalue weighted by atomic mass is 10.1. The van der Waals surface area contributed by atoms with Crippen LogP contribution in [0.15, 0.2) is 36.4 Å². The standard InChI is InChI=1S/C22H28F3N5S/c1-28(27-22(26)31)14-17-12-19(24)21(20(25)13-17)30-9-3-2-8-29(10-11-30)15-16-4-6-18(23)7-5-16/h4-7,12-13H,2-3,8-11,14-15H2,1H3,(H3,26,27,31). The molecule has 1 aliphatic rings. The highest BCUT2D eigenvalue weighted by Crippen LogP contribution is 2.27. The maximum atomic E-state index is 14.9. The first kappa shape index (κ1) is 23.3. The van der Waals surface area contributed by atoms with Crippen LogP contribution in [0.25, 0.3) is 0 Å². The minimum atomic E-state index is -0.579. The van der Waals surface area contributed by atoms with Crippen LogP contribution < -0.4 is 16.1 Å². The normalized spacial score (nSPS) is 15.6. The highest BCUT2D eigenvalue weighted by atomic mass is 32.1. The van der Waals surface area contributed by atoms with Crippen LogP contribution in [0.1, 0.15) is 24.0 Å². The van der Waals surface area contributed by atoms with Crippen molar-refractivity contribution in [2.45, 2.75) is 25.9 Å². The Morgan fingerprint density at radius 1 is 1.00 bits per heavy atom. The van der Waals surface area contributed by atoms with Crippen LogP contribution in [0.3, 0.4) is 0 Å². The predicted molar refractivity (Wildman–Crippen MR) is 121 cm³/mol. The van der Waals surface area contributed by atoms with Crippen molar-refractivity contribution >= 4 is 23.0 Å². The van der Waals surface area contributed by atoms with Gasteiger partial charge in [-0.1, -0.05) is 12.1 Å². The van der Waals surface area contributed by atoms with Crippen LogP contribution in [0.5, 0.6) is 0 Å². The highest BCUT2D eigenvalue weighted by molar-refractivity contribution is 7.80. The maximum Gasteiger partial charge on any atom is 0.178 e. The Morgan fingerprint density at radius 2 is 1.65 bits per heavy atom. The second-order valence-corrected chi connectivity index (χ2v) is 8.28. The molecule has 3 rings (SSSR count). The summed E-state index contributed by atoms with van der Waals surface area (Å²) in [7, 11) is 1.69. The van der Waals surface area contributed by atoms with Crippen LogP contribution in [0, 0.1) is 17.5 Å². The number of rotatable bonds is 6. The number of thiocarbonyl (C=S) groups is 1. The van der Waals surface area contributed by atoms with E-state index in [0.717, 1.165) is 24.9 Å². The Balaban J connectivity index is 1.68. The monoisotopic (exact) mass is 451 g/mol. The molecular weight excluding hydrogens is 423 g/mol. The topological polar surface area (TPSA) is 47.8 Å². The van der Waals surface area contributed by atoms with Crippen molar-refractivity contribution in [3.8, 4) is 0 Å². The first-order valence-corrected chi connectivity index (χ1v) is 10.7. The van der Waals surface area contributed by atoms with Crippen molar-refractivity contribution < 1.29 is 13.2 Å². The summed E-state index contributed by atoms with van der Waals surface area (Å²) in [5, 5.41) is 1.66. The summed E-state index contributed by atoms with van der Waals surface area (Å²) >= 11 is 4.78. The average molecular weight is 452 g/mol. The van der Waals surface area contributed by atoms with Gasteiger partial charge < -0.3 is 10.6 Å². The Labute approximate surface area is 186 Å². The minimum absolute atomic E-state index is 0.0114. The van der Waals surface area contributed by atoms with E-state index in [1.165, 1.54) is 24.3 Å². The van der Waals surface area contributed by atoms with Crippen LogP contribution in [0.2, 0.25) is 0 Å². The van der Waals surface area contributed by atoms with Gasteiger partial charge in [0, 0.05) is 39.8 Å². The van der Waals surface area contributed by atoms with E-state index >= 15 is 0 Å². The van der Waals surface area contributed by atoms with Gasteiger partial charge >= 0.3 is 0 Å². The van der Waals surface area contributed by atoms with Gasteiger partial charge in [-0.05, 0) is 67.0 Å². The fourth-order valence-corrected chi connectivity index (χ4v) is 4.02. The van der Waals surface area contributed by atoms with Crippen molar-refractivity contribution in [3.63, 3.8) is 0 Å². The van der Waals surface area contributed by atoms with Gasteiger partial charge in [-0.15, -0.1) is 0 Å². The molecule has 0 saturated carbocycles. The SMILES string of the molecule is CN(Cc1cc(F)c(N2CCCCN(Cc3ccc(F)cc3)CC2)c(F)c1)NC(N)=S. The molecule has 0 spiro atoms. The van der Waals surface area contributed by atoms with Gasteiger partial charge in [-0.2, -0.15) is 0 Å². The highest BCUT2D eigenvalue weighted by Gasteiger charge is 2.21. The van der Waals surface area contributed by atoms with Gasteiger partial charge in [0.1, 0.15) is 23.1 Å². The number of anilines is 1. The zero-order chi connectivity index (χ0) is 22.4. The molecule has 3 N–H and O–H groups in total. The van der Waals surface area contributed by atoms with E-state index in [-0.39, 0.29) is 23.2 Å². The molecule has 1 saturated heterocycles. The molecule has 1 fully saturated rings. The number of nitrogens with zero attached hydrogens (tertiary/aromatic N) is 3. The third-order valence-corrected chi connectivity index (χ3v) is 5.36. The van der Waals surface area contributed by atoms with Crippen LogP contribution >= 0.6 is 12.2 Å². The zero-order valence-electron chi connectivity index (χ0n) is 17.6. The van der Waals surface area contributed by atoms with Crippen molar-refractivity contribution in [2.75, 3.05) is 38.1 Å². The molecule has 31 heavy (non-hydrogen) atoms. The summed E-state index contributed by atoms with van der Waals surface area (Å²) in [6.45, 7) is 3.60. The van der Waals surface area contributed by atoms with Gasteiger partial charge in [0.2, 0.25) is 0 Å².